The molecule has 2 aromatic carbocycles. The smallest absolute Gasteiger partial charge is 0.253 e. The van der Waals surface area contributed by atoms with Gasteiger partial charge in [0.25, 0.3) is 5.91 Å². The first-order chi connectivity index (χ1) is 13.9. The Kier molecular flexibility index (Phi) is 9.64. The SMILES string of the molecule is CSCCC(NC(=O)c1ccc(Cl)cc1Cl)C(=O)NCCOc1ccc(C)cc1. The van der Waals surface area contributed by atoms with E-state index in [0.717, 1.165) is 17.1 Å². The van der Waals surface area contributed by atoms with Crippen LogP contribution in [0, 0.1) is 6.92 Å². The van der Waals surface area contributed by atoms with Gasteiger partial charge in [-0.25, -0.2) is 0 Å². The minimum Gasteiger partial charge on any atom is -0.492 e. The summed E-state index contributed by atoms with van der Waals surface area (Å²) in [6, 6.07) is 11.6. The van der Waals surface area contributed by atoms with Crippen LogP contribution in [-0.2, 0) is 4.79 Å². The van der Waals surface area contributed by atoms with Crippen LogP contribution in [0.15, 0.2) is 42.5 Å². The molecule has 0 saturated carbocycles. The number of benzene rings is 2. The molecular formula is C21H24Cl2N2O3S. The summed E-state index contributed by atoms with van der Waals surface area (Å²) in [5.74, 6) is 0.801. The van der Waals surface area contributed by atoms with E-state index in [1.807, 2.05) is 37.4 Å². The van der Waals surface area contributed by atoms with Crippen molar-refractivity contribution in [2.45, 2.75) is 19.4 Å². The highest BCUT2D eigenvalue weighted by Crippen LogP contribution is 2.21. The van der Waals surface area contributed by atoms with Crippen LogP contribution in [0.3, 0.4) is 0 Å². The minimum absolute atomic E-state index is 0.241. The van der Waals surface area contributed by atoms with E-state index in [2.05, 4.69) is 10.6 Å². The third-order valence-electron chi connectivity index (χ3n) is 4.10. The lowest BCUT2D eigenvalue weighted by atomic mass is 10.1. The van der Waals surface area contributed by atoms with Gasteiger partial charge in [-0.1, -0.05) is 40.9 Å². The summed E-state index contributed by atoms with van der Waals surface area (Å²) < 4.78 is 5.61. The Morgan fingerprint density at radius 3 is 2.52 bits per heavy atom. The molecule has 2 amide bonds. The van der Waals surface area contributed by atoms with E-state index in [4.69, 9.17) is 27.9 Å². The number of thioether (sulfide) groups is 1. The molecule has 0 heterocycles. The fourth-order valence-corrected chi connectivity index (χ4v) is 3.48. The summed E-state index contributed by atoms with van der Waals surface area (Å²) in [5, 5.41) is 6.25. The number of halogens is 2. The van der Waals surface area contributed by atoms with E-state index in [1.165, 1.54) is 6.07 Å². The van der Waals surface area contributed by atoms with Crippen molar-refractivity contribution >= 4 is 46.8 Å². The van der Waals surface area contributed by atoms with Gasteiger partial charge in [-0.15, -0.1) is 0 Å². The van der Waals surface area contributed by atoms with Crippen LogP contribution in [0.2, 0.25) is 10.0 Å². The molecule has 2 rings (SSSR count). The minimum atomic E-state index is -0.666. The van der Waals surface area contributed by atoms with Crippen molar-refractivity contribution in [3.8, 4) is 5.75 Å². The molecule has 156 valence electrons. The molecule has 0 aliphatic carbocycles. The molecule has 0 fully saturated rings. The number of hydrogen-bond acceptors (Lipinski definition) is 4. The lowest BCUT2D eigenvalue weighted by Crippen LogP contribution is -2.48. The van der Waals surface area contributed by atoms with Gasteiger partial charge >= 0.3 is 0 Å². The zero-order chi connectivity index (χ0) is 21.2. The van der Waals surface area contributed by atoms with Crippen LogP contribution in [0.4, 0.5) is 0 Å². The summed E-state index contributed by atoms with van der Waals surface area (Å²) in [5.41, 5.74) is 1.43. The van der Waals surface area contributed by atoms with E-state index in [9.17, 15) is 9.59 Å². The Bertz CT molecular complexity index is 831. The van der Waals surface area contributed by atoms with Crippen LogP contribution in [0.5, 0.6) is 5.75 Å². The zero-order valence-electron chi connectivity index (χ0n) is 16.3. The Morgan fingerprint density at radius 2 is 1.86 bits per heavy atom. The van der Waals surface area contributed by atoms with E-state index < -0.39 is 11.9 Å². The van der Waals surface area contributed by atoms with Crippen molar-refractivity contribution in [3.63, 3.8) is 0 Å². The van der Waals surface area contributed by atoms with Gasteiger partial charge < -0.3 is 15.4 Å². The number of carbonyl (C=O) groups is 2. The second kappa shape index (κ2) is 12.0. The van der Waals surface area contributed by atoms with E-state index >= 15 is 0 Å². The fourth-order valence-electron chi connectivity index (χ4n) is 2.51. The normalized spacial score (nSPS) is 11.6. The number of ether oxygens (including phenoxy) is 1. The first kappa shape index (κ1) is 23.4. The van der Waals surface area contributed by atoms with Crippen LogP contribution in [0.1, 0.15) is 22.3 Å². The Morgan fingerprint density at radius 1 is 1.14 bits per heavy atom. The fraction of sp³-hybridized carbons (Fsp3) is 0.333. The molecule has 2 aromatic rings. The number of nitrogens with one attached hydrogen (secondary N) is 2. The predicted molar refractivity (Wildman–Crippen MR) is 120 cm³/mol. The Balaban J connectivity index is 1.89. The van der Waals surface area contributed by atoms with E-state index in [0.29, 0.717) is 24.6 Å². The molecular weight excluding hydrogens is 431 g/mol. The Hall–Kier alpha value is -1.89. The van der Waals surface area contributed by atoms with E-state index in [1.54, 1.807) is 23.9 Å². The van der Waals surface area contributed by atoms with Crippen molar-refractivity contribution in [3.05, 3.63) is 63.6 Å². The van der Waals surface area contributed by atoms with Crippen LogP contribution in [0.25, 0.3) is 0 Å². The van der Waals surface area contributed by atoms with Crippen LogP contribution >= 0.6 is 35.0 Å². The summed E-state index contributed by atoms with van der Waals surface area (Å²) in [7, 11) is 0. The van der Waals surface area contributed by atoms with Gasteiger partial charge in [-0.05, 0) is 55.7 Å². The van der Waals surface area contributed by atoms with Crippen molar-refractivity contribution in [2.24, 2.45) is 0 Å². The third-order valence-corrected chi connectivity index (χ3v) is 5.29. The standard InChI is InChI=1S/C21H24Cl2N2O3S/c1-14-3-6-16(7-4-14)28-11-10-24-21(27)19(9-12-29-2)25-20(26)17-8-5-15(22)13-18(17)23/h3-8,13,19H,9-12H2,1-2H3,(H,24,27)(H,25,26). The maximum atomic E-state index is 12.6. The van der Waals surface area contributed by atoms with Gasteiger partial charge in [0.2, 0.25) is 5.91 Å². The van der Waals surface area contributed by atoms with Crippen LogP contribution in [-0.4, -0.2) is 43.0 Å². The molecule has 0 aromatic heterocycles. The van der Waals surface area contributed by atoms with Gasteiger partial charge in [0.15, 0.2) is 0 Å². The maximum absolute atomic E-state index is 12.6. The van der Waals surface area contributed by atoms with Crippen molar-refractivity contribution in [1.29, 1.82) is 0 Å². The molecule has 29 heavy (non-hydrogen) atoms. The first-order valence-electron chi connectivity index (χ1n) is 9.12. The number of aryl methyl sites for hydroxylation is 1. The second-order valence-electron chi connectivity index (χ2n) is 6.38. The summed E-state index contributed by atoms with van der Waals surface area (Å²) in [4.78, 5) is 25.1. The highest BCUT2D eigenvalue weighted by Gasteiger charge is 2.22. The van der Waals surface area contributed by atoms with Gasteiger partial charge in [0.05, 0.1) is 17.1 Å². The van der Waals surface area contributed by atoms with Crippen molar-refractivity contribution in [1.82, 2.24) is 10.6 Å². The number of rotatable bonds is 10. The molecule has 0 spiro atoms. The van der Waals surface area contributed by atoms with Crippen LogP contribution < -0.4 is 15.4 Å². The highest BCUT2D eigenvalue weighted by molar-refractivity contribution is 7.98. The maximum Gasteiger partial charge on any atom is 0.253 e. The molecule has 1 unspecified atom stereocenters. The third kappa shape index (κ3) is 7.80. The molecule has 0 aliphatic rings. The van der Waals surface area contributed by atoms with Crippen molar-refractivity contribution in [2.75, 3.05) is 25.2 Å². The number of hydrogen-bond donors (Lipinski definition) is 2. The lowest BCUT2D eigenvalue weighted by molar-refractivity contribution is -0.123. The summed E-state index contributed by atoms with van der Waals surface area (Å²) >= 11 is 13.6. The quantitative estimate of drug-likeness (QED) is 0.523. The average molecular weight is 455 g/mol. The molecule has 8 heteroatoms. The molecule has 0 radical (unpaired) electrons. The second-order valence-corrected chi connectivity index (χ2v) is 8.21. The molecule has 0 aliphatic heterocycles. The number of amides is 2. The molecule has 0 bridgehead atoms. The molecule has 1 atom stereocenters. The number of carbonyl (C=O) groups excluding carboxylic acids is 2. The predicted octanol–water partition coefficient (Wildman–Crippen LogP) is 4.35. The topological polar surface area (TPSA) is 67.4 Å². The largest absolute Gasteiger partial charge is 0.492 e. The monoisotopic (exact) mass is 454 g/mol. The lowest BCUT2D eigenvalue weighted by Gasteiger charge is -2.19. The van der Waals surface area contributed by atoms with Gasteiger partial charge in [0, 0.05) is 5.02 Å². The van der Waals surface area contributed by atoms with Crippen molar-refractivity contribution < 1.29 is 14.3 Å². The molecule has 0 saturated heterocycles. The molecule has 5 nitrogen and oxygen atoms in total. The molecule has 2 N–H and O–H groups in total. The van der Waals surface area contributed by atoms with Gasteiger partial charge in [0.1, 0.15) is 18.4 Å². The Labute approximate surface area is 185 Å². The summed E-state index contributed by atoms with van der Waals surface area (Å²) in [6.07, 6.45) is 2.45. The van der Waals surface area contributed by atoms with Gasteiger partial charge in [-0.3, -0.25) is 9.59 Å². The first-order valence-corrected chi connectivity index (χ1v) is 11.3. The summed E-state index contributed by atoms with van der Waals surface area (Å²) in [6.45, 7) is 2.67. The van der Waals surface area contributed by atoms with E-state index in [-0.39, 0.29) is 16.5 Å². The average Bonchev–Trinajstić information content (AvgIpc) is 2.69. The van der Waals surface area contributed by atoms with Gasteiger partial charge in [-0.2, -0.15) is 11.8 Å². The zero-order valence-corrected chi connectivity index (χ0v) is 18.7. The highest BCUT2D eigenvalue weighted by atomic mass is 35.5.